The van der Waals surface area contributed by atoms with Crippen LogP contribution in [0.3, 0.4) is 0 Å². The second kappa shape index (κ2) is 11.4. The molecule has 0 aliphatic rings. The van der Waals surface area contributed by atoms with Gasteiger partial charge in [0, 0.05) is 12.2 Å². The fraction of sp³-hybridized carbons (Fsp3) is 0.227. The molecule has 0 fully saturated rings. The molecular formula is C22H23N5O4S2. The van der Waals surface area contributed by atoms with E-state index in [-0.39, 0.29) is 17.6 Å². The van der Waals surface area contributed by atoms with E-state index in [1.807, 2.05) is 22.9 Å². The Morgan fingerprint density at radius 1 is 1.27 bits per heavy atom. The van der Waals surface area contributed by atoms with E-state index in [9.17, 15) is 14.4 Å². The fourth-order valence-electron chi connectivity index (χ4n) is 2.94. The number of methoxy groups -OCH3 is 1. The van der Waals surface area contributed by atoms with E-state index in [2.05, 4.69) is 27.4 Å². The molecule has 2 N–H and O–H groups in total. The summed E-state index contributed by atoms with van der Waals surface area (Å²) >= 11 is 2.57. The maximum absolute atomic E-state index is 12.4. The van der Waals surface area contributed by atoms with E-state index in [1.165, 1.54) is 30.2 Å². The summed E-state index contributed by atoms with van der Waals surface area (Å²) in [5.41, 5.74) is 0.832. The highest BCUT2D eigenvalue weighted by Gasteiger charge is 2.21. The van der Waals surface area contributed by atoms with Crippen LogP contribution in [0.15, 0.2) is 59.6 Å². The number of carbonyl (C=O) groups is 3. The van der Waals surface area contributed by atoms with E-state index >= 15 is 0 Å². The van der Waals surface area contributed by atoms with E-state index in [0.29, 0.717) is 33.7 Å². The van der Waals surface area contributed by atoms with Crippen LogP contribution in [0.4, 0.5) is 5.69 Å². The smallest absolute Gasteiger partial charge is 0.337 e. The van der Waals surface area contributed by atoms with E-state index < -0.39 is 12.0 Å². The lowest BCUT2D eigenvalue weighted by Crippen LogP contribution is -2.28. The monoisotopic (exact) mass is 485 g/mol. The number of esters is 1. The van der Waals surface area contributed by atoms with Crippen molar-refractivity contribution in [3.8, 4) is 0 Å². The molecule has 9 nitrogen and oxygen atoms in total. The Morgan fingerprint density at radius 2 is 2.09 bits per heavy atom. The molecule has 2 aromatic heterocycles. The Balaban J connectivity index is 1.64. The quantitative estimate of drug-likeness (QED) is 0.256. The molecule has 172 valence electrons. The van der Waals surface area contributed by atoms with Crippen molar-refractivity contribution in [1.82, 2.24) is 20.1 Å². The zero-order valence-corrected chi connectivity index (χ0v) is 19.7. The lowest BCUT2D eigenvalue weighted by molar-refractivity contribution is -0.113. The number of allylic oxidation sites excluding steroid dienone is 1. The number of hydrogen-bond donors (Lipinski definition) is 2. The summed E-state index contributed by atoms with van der Waals surface area (Å²) in [4.78, 5) is 37.1. The number of nitrogens with one attached hydrogen (secondary N) is 2. The highest BCUT2D eigenvalue weighted by atomic mass is 32.2. The van der Waals surface area contributed by atoms with Crippen molar-refractivity contribution in [3.05, 3.63) is 70.7 Å². The van der Waals surface area contributed by atoms with Gasteiger partial charge in [0.15, 0.2) is 11.0 Å². The number of thiophene rings is 1. The van der Waals surface area contributed by atoms with Crippen LogP contribution in [0.2, 0.25) is 0 Å². The highest BCUT2D eigenvalue weighted by Crippen LogP contribution is 2.22. The molecule has 33 heavy (non-hydrogen) atoms. The van der Waals surface area contributed by atoms with Gasteiger partial charge in [0.1, 0.15) is 0 Å². The lowest BCUT2D eigenvalue weighted by Gasteiger charge is -2.14. The van der Waals surface area contributed by atoms with Gasteiger partial charge in [-0.3, -0.25) is 9.59 Å². The zero-order valence-electron chi connectivity index (χ0n) is 18.1. The van der Waals surface area contributed by atoms with Gasteiger partial charge in [-0.15, -0.1) is 28.1 Å². The van der Waals surface area contributed by atoms with Gasteiger partial charge in [0.25, 0.3) is 5.91 Å². The number of carbonyl (C=O) groups excluding carboxylic acids is 3. The van der Waals surface area contributed by atoms with E-state index in [0.717, 1.165) is 0 Å². The molecule has 0 saturated heterocycles. The van der Waals surface area contributed by atoms with Crippen LogP contribution in [-0.2, 0) is 16.1 Å². The summed E-state index contributed by atoms with van der Waals surface area (Å²) < 4.78 is 6.50. The third-order valence-corrected chi connectivity index (χ3v) is 6.27. The molecule has 1 aromatic carbocycles. The lowest BCUT2D eigenvalue weighted by atomic mass is 10.2. The first kappa shape index (κ1) is 24.2. The Bertz CT molecular complexity index is 1140. The largest absolute Gasteiger partial charge is 0.465 e. The molecule has 0 unspecified atom stereocenters. The maximum atomic E-state index is 12.4. The third kappa shape index (κ3) is 6.30. The molecule has 11 heteroatoms. The minimum absolute atomic E-state index is 0.0770. The molecular weight excluding hydrogens is 462 g/mol. The van der Waals surface area contributed by atoms with Gasteiger partial charge in [0.05, 0.1) is 29.3 Å². The molecule has 0 aliphatic heterocycles. The molecule has 0 spiro atoms. The number of amides is 2. The van der Waals surface area contributed by atoms with Crippen molar-refractivity contribution in [1.29, 1.82) is 0 Å². The molecule has 2 heterocycles. The van der Waals surface area contributed by atoms with Gasteiger partial charge in [-0.2, -0.15) is 0 Å². The average molecular weight is 486 g/mol. The number of ether oxygens (including phenoxy) is 1. The molecule has 1 atom stereocenters. The van der Waals surface area contributed by atoms with Gasteiger partial charge in [0.2, 0.25) is 5.91 Å². The van der Waals surface area contributed by atoms with Crippen LogP contribution in [-0.4, -0.2) is 45.4 Å². The summed E-state index contributed by atoms with van der Waals surface area (Å²) in [5, 5.41) is 16.4. The van der Waals surface area contributed by atoms with Crippen LogP contribution in [0, 0.1) is 0 Å². The van der Waals surface area contributed by atoms with Crippen LogP contribution in [0.5, 0.6) is 0 Å². The van der Waals surface area contributed by atoms with Gasteiger partial charge in [-0.05, 0) is 36.6 Å². The first-order valence-corrected chi connectivity index (χ1v) is 11.8. The fourth-order valence-corrected chi connectivity index (χ4v) is 4.32. The second-order valence-electron chi connectivity index (χ2n) is 6.82. The zero-order chi connectivity index (χ0) is 23.8. The van der Waals surface area contributed by atoms with Gasteiger partial charge in [-0.25, -0.2) is 4.79 Å². The first-order valence-electron chi connectivity index (χ1n) is 9.92. The summed E-state index contributed by atoms with van der Waals surface area (Å²) in [5.74, 6) is -0.295. The number of thioether (sulfide) groups is 1. The van der Waals surface area contributed by atoms with E-state index in [1.54, 1.807) is 36.4 Å². The SMILES string of the molecule is C=CCn1c(SCC(=O)Nc2cccc(C(=O)OC)c2)nnc1[C@H](C)NC(=O)c1cccs1. The summed E-state index contributed by atoms with van der Waals surface area (Å²) in [7, 11) is 1.30. The predicted molar refractivity (Wildman–Crippen MR) is 128 cm³/mol. The van der Waals surface area contributed by atoms with Crippen molar-refractivity contribution in [2.45, 2.75) is 24.7 Å². The number of hydrogen-bond acceptors (Lipinski definition) is 8. The molecule has 2 amide bonds. The number of benzene rings is 1. The molecule has 0 radical (unpaired) electrons. The Kier molecular flexibility index (Phi) is 8.39. The minimum Gasteiger partial charge on any atom is -0.465 e. The maximum Gasteiger partial charge on any atom is 0.337 e. The van der Waals surface area contributed by atoms with Crippen molar-refractivity contribution >= 4 is 46.6 Å². The molecule has 3 rings (SSSR count). The van der Waals surface area contributed by atoms with Crippen LogP contribution >= 0.6 is 23.1 Å². The Hall–Kier alpha value is -3.44. The number of aromatic nitrogens is 3. The third-order valence-electron chi connectivity index (χ3n) is 4.44. The van der Waals surface area contributed by atoms with Crippen molar-refractivity contribution in [3.63, 3.8) is 0 Å². The predicted octanol–water partition coefficient (Wildman–Crippen LogP) is 3.53. The van der Waals surface area contributed by atoms with Crippen molar-refractivity contribution in [2.24, 2.45) is 0 Å². The number of rotatable bonds is 10. The Labute approximate surface area is 199 Å². The van der Waals surface area contributed by atoms with Gasteiger partial charge in [-0.1, -0.05) is 30.0 Å². The standard InChI is InChI=1S/C22H23N5O4S2/c1-4-10-27-19(14(2)23-20(29)17-9-6-11-32-17)25-26-22(27)33-13-18(28)24-16-8-5-7-15(12-16)21(30)31-3/h4-9,11-12,14H,1,10,13H2,2-3H3,(H,23,29)(H,24,28)/t14-/m0/s1. The van der Waals surface area contributed by atoms with E-state index in [4.69, 9.17) is 4.74 Å². The summed E-state index contributed by atoms with van der Waals surface area (Å²) in [6.45, 7) is 6.02. The summed E-state index contributed by atoms with van der Waals surface area (Å²) in [6.07, 6.45) is 1.70. The topological polar surface area (TPSA) is 115 Å². The summed E-state index contributed by atoms with van der Waals surface area (Å²) in [6, 6.07) is 9.67. The van der Waals surface area contributed by atoms with Crippen LogP contribution < -0.4 is 10.6 Å². The molecule has 0 aliphatic carbocycles. The number of nitrogens with zero attached hydrogens (tertiary/aromatic N) is 3. The minimum atomic E-state index is -0.481. The van der Waals surface area contributed by atoms with Crippen molar-refractivity contribution in [2.75, 3.05) is 18.2 Å². The average Bonchev–Trinajstić information content (AvgIpc) is 3.48. The van der Waals surface area contributed by atoms with Crippen LogP contribution in [0.1, 0.15) is 38.8 Å². The normalized spacial score (nSPS) is 11.5. The Morgan fingerprint density at radius 3 is 2.79 bits per heavy atom. The number of anilines is 1. The van der Waals surface area contributed by atoms with Crippen molar-refractivity contribution < 1.29 is 19.1 Å². The first-order chi connectivity index (χ1) is 15.9. The molecule has 3 aromatic rings. The van der Waals surface area contributed by atoms with Crippen LogP contribution in [0.25, 0.3) is 0 Å². The van der Waals surface area contributed by atoms with Gasteiger partial charge >= 0.3 is 5.97 Å². The van der Waals surface area contributed by atoms with Gasteiger partial charge < -0.3 is 19.9 Å². The highest BCUT2D eigenvalue weighted by molar-refractivity contribution is 7.99. The molecule has 0 saturated carbocycles. The molecule has 0 bridgehead atoms. The second-order valence-corrected chi connectivity index (χ2v) is 8.71.